The molecule has 312 valence electrons. The molecule has 0 saturated carbocycles. The Labute approximate surface area is 326 Å². The first kappa shape index (κ1) is 49.0. The van der Waals surface area contributed by atoms with Crippen LogP contribution >= 0.6 is 0 Å². The second kappa shape index (κ2) is 18.6. The maximum Gasteiger partial charge on any atom is 0.302 e. The van der Waals surface area contributed by atoms with Crippen LogP contribution in [0.5, 0.6) is 0 Å². The Morgan fingerprint density at radius 3 is 1.04 bits per heavy atom. The van der Waals surface area contributed by atoms with E-state index in [1.54, 1.807) is 0 Å². The Bertz CT molecular complexity index is 1190. The Kier molecular flexibility index (Phi) is 17.2. The Hall–Kier alpha value is -0.119. The molecule has 0 aliphatic carbocycles. The average Bonchev–Trinajstić information content (AvgIpc) is 2.88. The molecule has 2 heterocycles. The number of carbonyl (C=O) groups is 2. The molecular formula is C34H74O13Si6. The fourth-order valence-electron chi connectivity index (χ4n) is 6.00. The standard InChI is InChI=1S/C34H74O13Si6/c1-23(35)37-21-25-27(29(43-49(6,7)8)32(46-52(15,16)17)34(40-25)47-53(18,19)20)41-33-31(45-51(12,13)14)30(44-50(9,10)11)28(42-48(3,4)5)26(39-33)22-38-24(2)36/h25-34H,21-22H2,1-20H3/t25?,26?,27-,28+,29?,30?,31+,32+,33+,34?/m1/s1. The van der Waals surface area contributed by atoms with Crippen molar-refractivity contribution in [2.24, 2.45) is 0 Å². The molecule has 0 spiro atoms. The summed E-state index contributed by atoms with van der Waals surface area (Å²) in [4.78, 5) is 24.5. The molecular weight excluding hydrogens is 785 g/mol. The first-order valence-electron chi connectivity index (χ1n) is 18.9. The predicted octanol–water partition coefficient (Wildman–Crippen LogP) is 6.90. The van der Waals surface area contributed by atoms with Crippen molar-refractivity contribution in [3.05, 3.63) is 0 Å². The van der Waals surface area contributed by atoms with Gasteiger partial charge in [0.2, 0.25) is 0 Å². The SMILES string of the molecule is CC(=O)OCC1OC(O[Si](C)(C)C)[C@@H](O[Si](C)(C)C)C(O[Si](C)(C)C)[C@@H]1O[C@@H]1OC(COC(C)=O)[C@H](O[Si](C)(C)C)C(O[Si](C)(C)C)[C@@H]1O[Si](C)(C)C. The lowest BCUT2D eigenvalue weighted by molar-refractivity contribution is -0.345. The first-order chi connectivity index (χ1) is 23.6. The third kappa shape index (κ3) is 18.3. The second-order valence-electron chi connectivity index (χ2n) is 20.0. The van der Waals surface area contributed by atoms with Gasteiger partial charge in [0.15, 0.2) is 62.5 Å². The molecule has 0 aromatic carbocycles. The minimum atomic E-state index is -2.32. The summed E-state index contributed by atoms with van der Waals surface area (Å²) in [5, 5.41) is 0. The van der Waals surface area contributed by atoms with E-state index < -0.39 is 123 Å². The van der Waals surface area contributed by atoms with E-state index in [0.717, 1.165) is 0 Å². The second-order valence-corrected chi connectivity index (χ2v) is 46.8. The van der Waals surface area contributed by atoms with E-state index in [1.807, 2.05) is 0 Å². The van der Waals surface area contributed by atoms with Gasteiger partial charge in [-0.05, 0) is 118 Å². The van der Waals surface area contributed by atoms with E-state index in [0.29, 0.717) is 0 Å². The Morgan fingerprint density at radius 2 is 0.679 bits per heavy atom. The highest BCUT2D eigenvalue weighted by Gasteiger charge is 2.57. The summed E-state index contributed by atoms with van der Waals surface area (Å²) in [6.07, 6.45) is -7.60. The summed E-state index contributed by atoms with van der Waals surface area (Å²) in [6.45, 7) is 40.5. The molecule has 13 nitrogen and oxygen atoms in total. The van der Waals surface area contributed by atoms with Crippen molar-refractivity contribution in [3.63, 3.8) is 0 Å². The third-order valence-corrected chi connectivity index (χ3v) is 13.1. The van der Waals surface area contributed by atoms with Gasteiger partial charge in [0.05, 0.1) is 0 Å². The van der Waals surface area contributed by atoms with Crippen molar-refractivity contribution in [1.82, 2.24) is 0 Å². The number of hydrogen-bond acceptors (Lipinski definition) is 13. The minimum absolute atomic E-state index is 0.0735. The van der Waals surface area contributed by atoms with Crippen molar-refractivity contribution in [2.75, 3.05) is 13.2 Å². The van der Waals surface area contributed by atoms with E-state index in [-0.39, 0.29) is 13.2 Å². The highest BCUT2D eigenvalue weighted by Crippen LogP contribution is 2.39. The van der Waals surface area contributed by atoms with Gasteiger partial charge in [-0.15, -0.1) is 0 Å². The van der Waals surface area contributed by atoms with Gasteiger partial charge in [-0.1, -0.05) is 0 Å². The van der Waals surface area contributed by atoms with Crippen LogP contribution in [0.1, 0.15) is 13.8 Å². The zero-order valence-electron chi connectivity index (χ0n) is 36.5. The van der Waals surface area contributed by atoms with E-state index in [9.17, 15) is 9.59 Å². The molecule has 2 aliphatic rings. The monoisotopic (exact) mass is 858 g/mol. The molecule has 2 aliphatic heterocycles. The van der Waals surface area contributed by atoms with E-state index in [4.69, 9.17) is 50.2 Å². The van der Waals surface area contributed by atoms with Crippen molar-refractivity contribution in [2.45, 2.75) is 193 Å². The fraction of sp³-hybridized carbons (Fsp3) is 0.941. The molecule has 0 aromatic heterocycles. The van der Waals surface area contributed by atoms with E-state index in [2.05, 4.69) is 118 Å². The van der Waals surface area contributed by atoms with Crippen LogP contribution < -0.4 is 0 Å². The lowest BCUT2D eigenvalue weighted by atomic mass is 9.97. The van der Waals surface area contributed by atoms with Crippen LogP contribution in [0.3, 0.4) is 0 Å². The number of hydrogen-bond donors (Lipinski definition) is 0. The summed E-state index contributed by atoms with van der Waals surface area (Å²) >= 11 is 0. The maximum atomic E-state index is 12.3. The molecule has 5 unspecified atom stereocenters. The van der Waals surface area contributed by atoms with Gasteiger partial charge in [-0.2, -0.15) is 0 Å². The Balaban J connectivity index is 2.89. The Morgan fingerprint density at radius 1 is 0.396 bits per heavy atom. The smallest absolute Gasteiger partial charge is 0.302 e. The summed E-state index contributed by atoms with van der Waals surface area (Å²) < 4.78 is 73.4. The summed E-state index contributed by atoms with van der Waals surface area (Å²) in [6, 6.07) is 0. The van der Waals surface area contributed by atoms with Gasteiger partial charge in [0.25, 0.3) is 0 Å². The minimum Gasteiger partial charge on any atom is -0.463 e. The predicted molar refractivity (Wildman–Crippen MR) is 221 cm³/mol. The van der Waals surface area contributed by atoms with Crippen molar-refractivity contribution >= 4 is 61.8 Å². The molecule has 2 rings (SSSR count). The van der Waals surface area contributed by atoms with Crippen LogP contribution in [-0.4, -0.2) is 136 Å². The summed E-state index contributed by atoms with van der Waals surface area (Å²) in [7, 11) is -13.6. The van der Waals surface area contributed by atoms with Crippen LogP contribution in [0.25, 0.3) is 0 Å². The maximum absolute atomic E-state index is 12.3. The van der Waals surface area contributed by atoms with Gasteiger partial charge in [-0.3, -0.25) is 9.59 Å². The average molecular weight is 859 g/mol. The highest BCUT2D eigenvalue weighted by atomic mass is 28.4. The number of ether oxygens (including phenoxy) is 5. The molecule has 2 saturated heterocycles. The normalized spacial score (nSPS) is 30.9. The van der Waals surface area contributed by atoms with Crippen LogP contribution in [-0.2, 0) is 59.8 Å². The summed E-state index contributed by atoms with van der Waals surface area (Å²) in [5.41, 5.74) is 0. The zero-order chi connectivity index (χ0) is 41.1. The van der Waals surface area contributed by atoms with Gasteiger partial charge in [0.1, 0.15) is 62.0 Å². The lowest BCUT2D eigenvalue weighted by Crippen LogP contribution is -2.70. The van der Waals surface area contributed by atoms with Gasteiger partial charge in [-0.25, -0.2) is 0 Å². The van der Waals surface area contributed by atoms with Crippen LogP contribution in [0.4, 0.5) is 0 Å². The van der Waals surface area contributed by atoms with E-state index >= 15 is 0 Å². The topological polar surface area (TPSA) is 136 Å². The van der Waals surface area contributed by atoms with Gasteiger partial charge >= 0.3 is 11.9 Å². The molecule has 0 aromatic rings. The fourth-order valence-corrected chi connectivity index (χ4v) is 12.3. The summed E-state index contributed by atoms with van der Waals surface area (Å²) in [5.74, 6) is -0.894. The van der Waals surface area contributed by atoms with Gasteiger partial charge < -0.3 is 50.2 Å². The molecule has 2 fully saturated rings. The molecule has 0 N–H and O–H groups in total. The van der Waals surface area contributed by atoms with E-state index in [1.165, 1.54) is 13.8 Å². The zero-order valence-corrected chi connectivity index (χ0v) is 42.5. The molecule has 0 amide bonds. The van der Waals surface area contributed by atoms with Crippen molar-refractivity contribution in [1.29, 1.82) is 0 Å². The van der Waals surface area contributed by atoms with Crippen LogP contribution in [0.2, 0.25) is 118 Å². The molecule has 0 bridgehead atoms. The number of esters is 2. The number of carbonyl (C=O) groups excluding carboxylic acids is 2. The molecule has 53 heavy (non-hydrogen) atoms. The largest absolute Gasteiger partial charge is 0.463 e. The third-order valence-electron chi connectivity index (χ3n) is 7.29. The highest BCUT2D eigenvalue weighted by molar-refractivity contribution is 6.71. The first-order valence-corrected chi connectivity index (χ1v) is 39.4. The molecule has 19 heteroatoms. The van der Waals surface area contributed by atoms with Crippen LogP contribution in [0.15, 0.2) is 0 Å². The van der Waals surface area contributed by atoms with Crippen LogP contribution in [0, 0.1) is 0 Å². The van der Waals surface area contributed by atoms with Crippen molar-refractivity contribution in [3.8, 4) is 0 Å². The quantitative estimate of drug-likeness (QED) is 0.105. The molecule has 10 atom stereocenters. The van der Waals surface area contributed by atoms with Crippen molar-refractivity contribution < 1.29 is 59.8 Å². The molecule has 0 radical (unpaired) electrons. The van der Waals surface area contributed by atoms with Gasteiger partial charge in [0, 0.05) is 13.8 Å². The number of rotatable bonds is 18. The lowest BCUT2D eigenvalue weighted by Gasteiger charge is -2.54.